The Hall–Kier alpha value is -1.29. The standard InChI is InChI=1S/C13H19N3S/c1-5-14-13-15-10(3)7-16(13)8-12-6-9(2)11(4)17-12/h6-7H,5,8H2,1-4H3,(H,14,15). The quantitative estimate of drug-likeness (QED) is 0.900. The highest BCUT2D eigenvalue weighted by atomic mass is 32.1. The van der Waals surface area contributed by atoms with Gasteiger partial charge >= 0.3 is 0 Å². The third-order valence-electron chi connectivity index (χ3n) is 2.78. The van der Waals surface area contributed by atoms with E-state index in [1.165, 1.54) is 15.3 Å². The van der Waals surface area contributed by atoms with E-state index in [1.807, 2.05) is 18.3 Å². The molecule has 2 aromatic rings. The van der Waals surface area contributed by atoms with Crippen molar-refractivity contribution in [1.82, 2.24) is 9.55 Å². The highest BCUT2D eigenvalue weighted by Gasteiger charge is 2.07. The Kier molecular flexibility index (Phi) is 3.52. The second-order valence-electron chi connectivity index (χ2n) is 4.32. The van der Waals surface area contributed by atoms with Crippen LogP contribution in [0, 0.1) is 20.8 Å². The molecule has 17 heavy (non-hydrogen) atoms. The minimum atomic E-state index is 0.902. The molecule has 0 aliphatic carbocycles. The summed E-state index contributed by atoms with van der Waals surface area (Å²) in [5.74, 6) is 0.966. The minimum absolute atomic E-state index is 0.902. The van der Waals surface area contributed by atoms with Crippen molar-refractivity contribution in [3.8, 4) is 0 Å². The van der Waals surface area contributed by atoms with E-state index in [-0.39, 0.29) is 0 Å². The van der Waals surface area contributed by atoms with Crippen molar-refractivity contribution in [3.05, 3.63) is 33.3 Å². The maximum absolute atomic E-state index is 4.48. The number of aryl methyl sites for hydroxylation is 3. The van der Waals surface area contributed by atoms with Crippen LogP contribution in [-0.4, -0.2) is 16.1 Å². The second-order valence-corrected chi connectivity index (χ2v) is 5.66. The van der Waals surface area contributed by atoms with Crippen molar-refractivity contribution in [2.24, 2.45) is 0 Å². The number of thiophene rings is 1. The Morgan fingerprint density at radius 2 is 2.12 bits per heavy atom. The molecule has 0 saturated carbocycles. The van der Waals surface area contributed by atoms with Crippen LogP contribution in [-0.2, 0) is 6.54 Å². The summed E-state index contributed by atoms with van der Waals surface area (Å²) in [6.45, 7) is 10.3. The fraction of sp³-hybridized carbons (Fsp3) is 0.462. The molecule has 0 atom stereocenters. The molecule has 0 fully saturated rings. The molecule has 0 radical (unpaired) electrons. The van der Waals surface area contributed by atoms with Gasteiger partial charge in [0, 0.05) is 22.5 Å². The molecule has 2 aromatic heterocycles. The maximum atomic E-state index is 4.48. The zero-order valence-corrected chi connectivity index (χ0v) is 11.7. The van der Waals surface area contributed by atoms with E-state index in [0.717, 1.165) is 24.7 Å². The largest absolute Gasteiger partial charge is 0.356 e. The molecule has 2 heterocycles. The smallest absolute Gasteiger partial charge is 0.203 e. The number of hydrogen-bond acceptors (Lipinski definition) is 3. The van der Waals surface area contributed by atoms with E-state index in [0.29, 0.717) is 0 Å². The Morgan fingerprint density at radius 1 is 1.35 bits per heavy atom. The molecule has 1 N–H and O–H groups in total. The van der Waals surface area contributed by atoms with Crippen LogP contribution in [0.15, 0.2) is 12.3 Å². The van der Waals surface area contributed by atoms with Crippen LogP contribution in [0.25, 0.3) is 0 Å². The van der Waals surface area contributed by atoms with E-state index in [4.69, 9.17) is 0 Å². The van der Waals surface area contributed by atoms with Gasteiger partial charge in [0.2, 0.25) is 5.95 Å². The van der Waals surface area contributed by atoms with E-state index >= 15 is 0 Å². The van der Waals surface area contributed by atoms with Crippen molar-refractivity contribution in [2.45, 2.75) is 34.2 Å². The summed E-state index contributed by atoms with van der Waals surface area (Å²) in [5.41, 5.74) is 2.44. The van der Waals surface area contributed by atoms with Gasteiger partial charge in [0.1, 0.15) is 0 Å². The van der Waals surface area contributed by atoms with Gasteiger partial charge in [-0.3, -0.25) is 0 Å². The summed E-state index contributed by atoms with van der Waals surface area (Å²) >= 11 is 1.87. The first-order valence-corrected chi connectivity index (χ1v) is 6.75. The van der Waals surface area contributed by atoms with Crippen molar-refractivity contribution < 1.29 is 0 Å². The highest BCUT2D eigenvalue weighted by molar-refractivity contribution is 7.12. The predicted octanol–water partition coefficient (Wildman–Crippen LogP) is 3.35. The molecule has 3 nitrogen and oxygen atoms in total. The number of hydrogen-bond donors (Lipinski definition) is 1. The molecule has 0 spiro atoms. The molecule has 0 saturated heterocycles. The number of anilines is 1. The number of nitrogens with one attached hydrogen (secondary N) is 1. The van der Waals surface area contributed by atoms with E-state index in [2.05, 4.69) is 47.9 Å². The SMILES string of the molecule is CCNc1nc(C)cn1Cc1cc(C)c(C)s1. The molecule has 0 aliphatic rings. The molecule has 0 aliphatic heterocycles. The van der Waals surface area contributed by atoms with Crippen LogP contribution in [0.5, 0.6) is 0 Å². The number of aromatic nitrogens is 2. The first kappa shape index (κ1) is 12.2. The van der Waals surface area contributed by atoms with Crippen molar-refractivity contribution in [1.29, 1.82) is 0 Å². The molecule has 0 bridgehead atoms. The fourth-order valence-electron chi connectivity index (χ4n) is 1.86. The van der Waals surface area contributed by atoms with Crippen LogP contribution >= 0.6 is 11.3 Å². The van der Waals surface area contributed by atoms with Gasteiger partial charge in [0.15, 0.2) is 0 Å². The lowest BCUT2D eigenvalue weighted by atomic mass is 10.3. The maximum Gasteiger partial charge on any atom is 0.203 e. The molecular weight excluding hydrogens is 230 g/mol. The summed E-state index contributed by atoms with van der Waals surface area (Å²) in [6.07, 6.45) is 2.10. The van der Waals surface area contributed by atoms with Crippen LogP contribution in [0.3, 0.4) is 0 Å². The average molecular weight is 249 g/mol. The second kappa shape index (κ2) is 4.92. The van der Waals surface area contributed by atoms with E-state index in [9.17, 15) is 0 Å². The minimum Gasteiger partial charge on any atom is -0.356 e. The molecular formula is C13H19N3S. The van der Waals surface area contributed by atoms with Crippen LogP contribution in [0.4, 0.5) is 5.95 Å². The van der Waals surface area contributed by atoms with Gasteiger partial charge in [0.25, 0.3) is 0 Å². The van der Waals surface area contributed by atoms with Crippen molar-refractivity contribution in [3.63, 3.8) is 0 Å². The molecule has 4 heteroatoms. The molecule has 0 amide bonds. The van der Waals surface area contributed by atoms with Crippen molar-refractivity contribution >= 4 is 17.3 Å². The van der Waals surface area contributed by atoms with Gasteiger partial charge in [-0.25, -0.2) is 4.98 Å². The third kappa shape index (κ3) is 2.69. The van der Waals surface area contributed by atoms with Gasteiger partial charge < -0.3 is 9.88 Å². The predicted molar refractivity (Wildman–Crippen MR) is 74.0 cm³/mol. The Morgan fingerprint density at radius 3 is 2.71 bits per heavy atom. The zero-order chi connectivity index (χ0) is 12.4. The Bertz CT molecular complexity index is 491. The molecule has 0 aromatic carbocycles. The molecule has 0 unspecified atom stereocenters. The van der Waals surface area contributed by atoms with Gasteiger partial charge in [0.05, 0.1) is 12.2 Å². The summed E-state index contributed by atoms with van der Waals surface area (Å²) in [7, 11) is 0. The van der Waals surface area contributed by atoms with E-state index < -0.39 is 0 Å². The number of imidazole rings is 1. The lowest BCUT2D eigenvalue weighted by molar-refractivity contribution is 0.811. The van der Waals surface area contributed by atoms with E-state index in [1.54, 1.807) is 0 Å². The monoisotopic (exact) mass is 249 g/mol. The average Bonchev–Trinajstić information content (AvgIpc) is 2.73. The Balaban J connectivity index is 2.22. The summed E-state index contributed by atoms with van der Waals surface area (Å²) in [5, 5.41) is 3.30. The fourth-order valence-corrected chi connectivity index (χ4v) is 2.91. The van der Waals surface area contributed by atoms with Gasteiger partial charge in [-0.05, 0) is 39.3 Å². The van der Waals surface area contributed by atoms with Crippen LogP contribution < -0.4 is 5.32 Å². The first-order valence-electron chi connectivity index (χ1n) is 5.93. The van der Waals surface area contributed by atoms with Gasteiger partial charge in [-0.2, -0.15) is 0 Å². The lowest BCUT2D eigenvalue weighted by Crippen LogP contribution is -2.06. The van der Waals surface area contributed by atoms with Crippen molar-refractivity contribution in [2.75, 3.05) is 11.9 Å². The number of rotatable bonds is 4. The summed E-state index contributed by atoms with van der Waals surface area (Å²) in [6, 6.07) is 2.27. The Labute approximate surface area is 107 Å². The normalized spacial score (nSPS) is 10.8. The molecule has 92 valence electrons. The van der Waals surface area contributed by atoms with Gasteiger partial charge in [-0.15, -0.1) is 11.3 Å². The zero-order valence-electron chi connectivity index (χ0n) is 10.9. The van der Waals surface area contributed by atoms with Crippen LogP contribution in [0.2, 0.25) is 0 Å². The van der Waals surface area contributed by atoms with Crippen LogP contribution in [0.1, 0.15) is 27.9 Å². The summed E-state index contributed by atoms with van der Waals surface area (Å²) in [4.78, 5) is 7.27. The topological polar surface area (TPSA) is 29.9 Å². The summed E-state index contributed by atoms with van der Waals surface area (Å²) < 4.78 is 2.18. The highest BCUT2D eigenvalue weighted by Crippen LogP contribution is 2.22. The first-order chi connectivity index (χ1) is 8.10. The van der Waals surface area contributed by atoms with Gasteiger partial charge in [-0.1, -0.05) is 0 Å². The lowest BCUT2D eigenvalue weighted by Gasteiger charge is -2.06. The molecule has 2 rings (SSSR count). The number of nitrogens with zero attached hydrogens (tertiary/aromatic N) is 2. The third-order valence-corrected chi connectivity index (χ3v) is 3.91.